The number of hydrogen-bond donors (Lipinski definition) is 1. The highest BCUT2D eigenvalue weighted by atomic mass is 79.9. The maximum Gasteiger partial charge on any atom is 0.0738 e. The van der Waals surface area contributed by atoms with E-state index >= 15 is 0 Å². The summed E-state index contributed by atoms with van der Waals surface area (Å²) in [4.78, 5) is 0. The Bertz CT molecular complexity index is 415. The summed E-state index contributed by atoms with van der Waals surface area (Å²) in [6.07, 6.45) is 1.91. The lowest BCUT2D eigenvalue weighted by Crippen LogP contribution is -2.39. The molecule has 1 aromatic heterocycles. The lowest BCUT2D eigenvalue weighted by molar-refractivity contribution is 0.00711. The van der Waals surface area contributed by atoms with Crippen LogP contribution >= 0.6 is 15.9 Å². The van der Waals surface area contributed by atoms with Gasteiger partial charge in [-0.25, -0.2) is 0 Å². The first kappa shape index (κ1) is 16.7. The van der Waals surface area contributed by atoms with Crippen molar-refractivity contribution in [2.75, 3.05) is 13.7 Å². The molecule has 0 aliphatic rings. The maximum atomic E-state index is 5.54. The third kappa shape index (κ3) is 4.58. The molecule has 0 aromatic carbocycles. The Morgan fingerprint density at radius 1 is 1.47 bits per heavy atom. The van der Waals surface area contributed by atoms with Gasteiger partial charge in [0.15, 0.2) is 0 Å². The molecule has 0 saturated heterocycles. The van der Waals surface area contributed by atoms with Crippen molar-refractivity contribution in [1.82, 2.24) is 15.1 Å². The van der Waals surface area contributed by atoms with Crippen molar-refractivity contribution in [2.45, 2.75) is 52.2 Å². The Kier molecular flexibility index (Phi) is 6.02. The van der Waals surface area contributed by atoms with Crippen LogP contribution in [0.15, 0.2) is 4.47 Å². The van der Waals surface area contributed by atoms with Gasteiger partial charge in [-0.3, -0.25) is 4.68 Å². The fourth-order valence-electron chi connectivity index (χ4n) is 2.32. The fraction of sp³-hybridized carbons (Fsp3) is 0.786. The van der Waals surface area contributed by atoms with E-state index in [-0.39, 0.29) is 5.60 Å². The van der Waals surface area contributed by atoms with Crippen LogP contribution in [0.1, 0.15) is 38.6 Å². The smallest absolute Gasteiger partial charge is 0.0738 e. The van der Waals surface area contributed by atoms with E-state index in [1.807, 2.05) is 18.7 Å². The summed E-state index contributed by atoms with van der Waals surface area (Å²) in [7, 11) is 3.77. The van der Waals surface area contributed by atoms with Gasteiger partial charge in [0.2, 0.25) is 0 Å². The number of nitrogens with zero attached hydrogens (tertiary/aromatic N) is 2. The maximum absolute atomic E-state index is 5.54. The first-order valence-electron chi connectivity index (χ1n) is 6.77. The molecule has 1 rings (SSSR count). The van der Waals surface area contributed by atoms with Crippen LogP contribution in [-0.2, 0) is 18.2 Å². The van der Waals surface area contributed by atoms with E-state index in [0.717, 1.165) is 29.6 Å². The Morgan fingerprint density at radius 2 is 2.11 bits per heavy atom. The number of aromatic nitrogens is 2. The summed E-state index contributed by atoms with van der Waals surface area (Å²) >= 11 is 3.63. The van der Waals surface area contributed by atoms with E-state index in [2.05, 4.69) is 47.1 Å². The van der Waals surface area contributed by atoms with Gasteiger partial charge in [0.1, 0.15) is 0 Å². The van der Waals surface area contributed by atoms with Crippen LogP contribution in [0.5, 0.6) is 0 Å². The molecule has 0 spiro atoms. The number of halogens is 1. The molecule has 1 unspecified atom stereocenters. The molecule has 0 aliphatic heterocycles. The van der Waals surface area contributed by atoms with E-state index in [9.17, 15) is 0 Å². The minimum atomic E-state index is -0.118. The van der Waals surface area contributed by atoms with Crippen LogP contribution in [0.25, 0.3) is 0 Å². The molecule has 1 heterocycles. The topological polar surface area (TPSA) is 39.1 Å². The molecule has 0 fully saturated rings. The van der Waals surface area contributed by atoms with Crippen LogP contribution in [0, 0.1) is 6.92 Å². The largest absolute Gasteiger partial charge is 0.379 e. The highest BCUT2D eigenvalue weighted by Gasteiger charge is 2.24. The third-order valence-corrected chi connectivity index (χ3v) is 4.52. The molecule has 1 aromatic rings. The van der Waals surface area contributed by atoms with Gasteiger partial charge >= 0.3 is 0 Å². The SMILES string of the molecule is CCNC(Cc1c(Br)c(C)nn1C)CC(C)(C)OC. The van der Waals surface area contributed by atoms with Crippen LogP contribution in [-0.4, -0.2) is 35.1 Å². The molecule has 0 aliphatic carbocycles. The molecule has 0 saturated carbocycles. The van der Waals surface area contributed by atoms with Gasteiger partial charge < -0.3 is 10.1 Å². The van der Waals surface area contributed by atoms with Crippen LogP contribution in [0.2, 0.25) is 0 Å². The van der Waals surface area contributed by atoms with Crippen LogP contribution in [0.4, 0.5) is 0 Å². The quantitative estimate of drug-likeness (QED) is 0.835. The molecule has 4 nitrogen and oxygen atoms in total. The van der Waals surface area contributed by atoms with E-state index < -0.39 is 0 Å². The normalized spacial score (nSPS) is 13.8. The van der Waals surface area contributed by atoms with Crippen molar-refractivity contribution >= 4 is 15.9 Å². The zero-order valence-corrected chi connectivity index (χ0v) is 14.5. The fourth-order valence-corrected chi connectivity index (χ4v) is 2.81. The molecule has 5 heteroatoms. The molecule has 110 valence electrons. The first-order chi connectivity index (χ1) is 8.80. The van der Waals surface area contributed by atoms with Gasteiger partial charge in [0, 0.05) is 26.6 Å². The summed E-state index contributed by atoms with van der Waals surface area (Å²) in [5.74, 6) is 0. The summed E-state index contributed by atoms with van der Waals surface area (Å²) < 4.78 is 8.62. The summed E-state index contributed by atoms with van der Waals surface area (Å²) in [5, 5.41) is 7.99. The second-order valence-electron chi connectivity index (χ2n) is 5.60. The van der Waals surface area contributed by atoms with Crippen molar-refractivity contribution in [3.05, 3.63) is 15.9 Å². The summed E-state index contributed by atoms with van der Waals surface area (Å²) in [5.41, 5.74) is 2.15. The second kappa shape index (κ2) is 6.86. The van der Waals surface area contributed by atoms with Crippen molar-refractivity contribution in [3.63, 3.8) is 0 Å². The van der Waals surface area contributed by atoms with Crippen LogP contribution < -0.4 is 5.32 Å². The van der Waals surface area contributed by atoms with Crippen molar-refractivity contribution in [2.24, 2.45) is 7.05 Å². The average molecular weight is 332 g/mol. The molecule has 0 radical (unpaired) electrons. The molecule has 0 amide bonds. The van der Waals surface area contributed by atoms with Gasteiger partial charge in [-0.05, 0) is 49.7 Å². The Balaban J connectivity index is 2.83. The number of ether oxygens (including phenoxy) is 1. The molecule has 1 N–H and O–H groups in total. The second-order valence-corrected chi connectivity index (χ2v) is 6.39. The highest BCUT2D eigenvalue weighted by Crippen LogP contribution is 2.24. The van der Waals surface area contributed by atoms with Crippen LogP contribution in [0.3, 0.4) is 0 Å². The standard InChI is InChI=1S/C14H26BrN3O/c1-7-16-11(9-14(3,4)19-6)8-12-13(15)10(2)17-18(12)5/h11,16H,7-9H2,1-6H3. The van der Waals surface area contributed by atoms with E-state index in [1.54, 1.807) is 7.11 Å². The summed E-state index contributed by atoms with van der Waals surface area (Å²) in [6, 6.07) is 0.381. The van der Waals surface area contributed by atoms with Gasteiger partial charge in [-0.15, -0.1) is 0 Å². The van der Waals surface area contributed by atoms with Crippen molar-refractivity contribution in [3.8, 4) is 0 Å². The molecular weight excluding hydrogens is 306 g/mol. The van der Waals surface area contributed by atoms with Gasteiger partial charge in [0.05, 0.1) is 21.5 Å². The Labute approximate surface area is 125 Å². The van der Waals surface area contributed by atoms with E-state index in [1.165, 1.54) is 5.69 Å². The number of methoxy groups -OCH3 is 1. The molecule has 1 atom stereocenters. The van der Waals surface area contributed by atoms with E-state index in [0.29, 0.717) is 6.04 Å². The first-order valence-corrected chi connectivity index (χ1v) is 7.56. The number of aryl methyl sites for hydroxylation is 2. The minimum absolute atomic E-state index is 0.118. The van der Waals surface area contributed by atoms with Gasteiger partial charge in [-0.2, -0.15) is 5.10 Å². The minimum Gasteiger partial charge on any atom is -0.379 e. The van der Waals surface area contributed by atoms with E-state index in [4.69, 9.17) is 4.74 Å². The lowest BCUT2D eigenvalue weighted by atomic mass is 9.95. The number of likely N-dealkylation sites (N-methyl/N-ethyl adjacent to an activating group) is 1. The molecular formula is C14H26BrN3O. The zero-order valence-electron chi connectivity index (χ0n) is 12.9. The molecule has 0 bridgehead atoms. The Morgan fingerprint density at radius 3 is 2.53 bits per heavy atom. The molecule has 19 heavy (non-hydrogen) atoms. The monoisotopic (exact) mass is 331 g/mol. The number of rotatable bonds is 7. The highest BCUT2D eigenvalue weighted by molar-refractivity contribution is 9.10. The average Bonchev–Trinajstić information content (AvgIpc) is 2.56. The van der Waals surface area contributed by atoms with Crippen molar-refractivity contribution < 1.29 is 4.74 Å². The van der Waals surface area contributed by atoms with Gasteiger partial charge in [0.25, 0.3) is 0 Å². The number of nitrogens with one attached hydrogen (secondary N) is 1. The number of hydrogen-bond acceptors (Lipinski definition) is 3. The predicted octanol–water partition coefficient (Wildman–Crippen LogP) is 2.83. The summed E-state index contributed by atoms with van der Waals surface area (Å²) in [6.45, 7) is 9.37. The lowest BCUT2D eigenvalue weighted by Gasteiger charge is -2.29. The zero-order chi connectivity index (χ0) is 14.6. The third-order valence-electron chi connectivity index (χ3n) is 3.48. The van der Waals surface area contributed by atoms with Crippen molar-refractivity contribution in [1.29, 1.82) is 0 Å². The van der Waals surface area contributed by atoms with Gasteiger partial charge in [-0.1, -0.05) is 6.92 Å². The Hall–Kier alpha value is -0.390. The predicted molar refractivity (Wildman–Crippen MR) is 82.5 cm³/mol.